The maximum Gasteiger partial charge on any atom is 0.251 e. The molecule has 0 fully saturated rings. The fourth-order valence-corrected chi connectivity index (χ4v) is 2.00. The lowest BCUT2D eigenvalue weighted by Crippen LogP contribution is -2.26. The van der Waals surface area contributed by atoms with Gasteiger partial charge in [-0.2, -0.15) is 0 Å². The standard InChI is InChI=1S/C15H24N2O2/c16-10-9-13-7-3-4-8-14(13)15(19)17-11-5-1-2-6-12-18/h3-4,7-8,18H,1-2,5-6,9-12,16H2,(H,17,19). The lowest BCUT2D eigenvalue weighted by Gasteiger charge is -2.09. The Morgan fingerprint density at radius 1 is 1.16 bits per heavy atom. The van der Waals surface area contributed by atoms with Gasteiger partial charge in [0.1, 0.15) is 0 Å². The fraction of sp³-hybridized carbons (Fsp3) is 0.533. The summed E-state index contributed by atoms with van der Waals surface area (Å²) in [4.78, 5) is 12.0. The first kappa shape index (κ1) is 15.7. The number of amides is 1. The first-order valence-electron chi connectivity index (χ1n) is 6.96. The molecule has 1 rings (SSSR count). The first-order valence-corrected chi connectivity index (χ1v) is 6.96. The minimum absolute atomic E-state index is 0.0220. The summed E-state index contributed by atoms with van der Waals surface area (Å²) >= 11 is 0. The number of carbonyl (C=O) groups is 1. The highest BCUT2D eigenvalue weighted by atomic mass is 16.2. The maximum absolute atomic E-state index is 12.0. The van der Waals surface area contributed by atoms with Crippen molar-refractivity contribution in [3.8, 4) is 0 Å². The molecule has 0 saturated carbocycles. The van der Waals surface area contributed by atoms with E-state index in [1.165, 1.54) is 0 Å². The zero-order chi connectivity index (χ0) is 13.9. The summed E-state index contributed by atoms with van der Waals surface area (Å²) in [6.07, 6.45) is 4.56. The van der Waals surface area contributed by atoms with Crippen LogP contribution in [0.2, 0.25) is 0 Å². The highest BCUT2D eigenvalue weighted by Crippen LogP contribution is 2.09. The van der Waals surface area contributed by atoms with Crippen molar-refractivity contribution in [2.45, 2.75) is 32.1 Å². The predicted octanol–water partition coefficient (Wildman–Crippen LogP) is 1.47. The van der Waals surface area contributed by atoms with Crippen LogP contribution in [0.5, 0.6) is 0 Å². The molecule has 0 bridgehead atoms. The fourth-order valence-electron chi connectivity index (χ4n) is 2.00. The number of aliphatic hydroxyl groups is 1. The van der Waals surface area contributed by atoms with Crippen LogP contribution in [0.4, 0.5) is 0 Å². The van der Waals surface area contributed by atoms with Crippen molar-refractivity contribution in [2.75, 3.05) is 19.7 Å². The molecule has 0 atom stereocenters. The Labute approximate surface area is 115 Å². The van der Waals surface area contributed by atoms with E-state index in [4.69, 9.17) is 10.8 Å². The van der Waals surface area contributed by atoms with Gasteiger partial charge in [-0.15, -0.1) is 0 Å². The number of nitrogens with one attached hydrogen (secondary N) is 1. The first-order chi connectivity index (χ1) is 9.29. The molecule has 19 heavy (non-hydrogen) atoms. The van der Waals surface area contributed by atoms with Gasteiger partial charge in [0, 0.05) is 18.7 Å². The van der Waals surface area contributed by atoms with Crippen LogP contribution >= 0.6 is 0 Å². The second-order valence-corrected chi connectivity index (χ2v) is 4.59. The normalized spacial score (nSPS) is 10.4. The van der Waals surface area contributed by atoms with E-state index < -0.39 is 0 Å². The summed E-state index contributed by atoms with van der Waals surface area (Å²) in [7, 11) is 0. The number of hydrogen-bond donors (Lipinski definition) is 3. The average molecular weight is 264 g/mol. The minimum Gasteiger partial charge on any atom is -0.396 e. The van der Waals surface area contributed by atoms with Crippen LogP contribution in [0.25, 0.3) is 0 Å². The van der Waals surface area contributed by atoms with Crippen LogP contribution in [-0.4, -0.2) is 30.7 Å². The number of rotatable bonds is 9. The van der Waals surface area contributed by atoms with E-state index in [1.807, 2.05) is 24.3 Å². The Morgan fingerprint density at radius 3 is 2.63 bits per heavy atom. The van der Waals surface area contributed by atoms with Crippen molar-refractivity contribution in [3.63, 3.8) is 0 Å². The summed E-state index contributed by atoms with van der Waals surface area (Å²) in [6.45, 7) is 1.48. The zero-order valence-corrected chi connectivity index (χ0v) is 11.4. The lowest BCUT2D eigenvalue weighted by atomic mass is 10.0. The van der Waals surface area contributed by atoms with Crippen molar-refractivity contribution in [3.05, 3.63) is 35.4 Å². The summed E-state index contributed by atoms with van der Waals surface area (Å²) in [5, 5.41) is 11.6. The monoisotopic (exact) mass is 264 g/mol. The molecule has 0 aromatic heterocycles. The number of aliphatic hydroxyl groups excluding tert-OH is 1. The highest BCUT2D eigenvalue weighted by molar-refractivity contribution is 5.95. The molecule has 0 aliphatic carbocycles. The number of unbranched alkanes of at least 4 members (excludes halogenated alkanes) is 3. The topological polar surface area (TPSA) is 75.4 Å². The molecule has 106 valence electrons. The summed E-state index contributed by atoms with van der Waals surface area (Å²) in [5.74, 6) is -0.0220. The summed E-state index contributed by atoms with van der Waals surface area (Å²) < 4.78 is 0. The summed E-state index contributed by atoms with van der Waals surface area (Å²) in [5.41, 5.74) is 7.27. The Morgan fingerprint density at radius 2 is 1.89 bits per heavy atom. The molecule has 0 unspecified atom stereocenters. The van der Waals surface area contributed by atoms with E-state index >= 15 is 0 Å². The predicted molar refractivity (Wildman–Crippen MR) is 77.1 cm³/mol. The van der Waals surface area contributed by atoms with Crippen LogP contribution in [0.15, 0.2) is 24.3 Å². The third-order valence-corrected chi connectivity index (χ3v) is 3.05. The smallest absolute Gasteiger partial charge is 0.251 e. The van der Waals surface area contributed by atoms with E-state index in [0.717, 1.165) is 43.2 Å². The van der Waals surface area contributed by atoms with Crippen LogP contribution in [0.1, 0.15) is 41.6 Å². The Bertz CT molecular complexity index is 380. The second-order valence-electron chi connectivity index (χ2n) is 4.59. The van der Waals surface area contributed by atoms with E-state index in [0.29, 0.717) is 13.1 Å². The van der Waals surface area contributed by atoms with Crippen LogP contribution in [0, 0.1) is 0 Å². The molecule has 1 aromatic carbocycles. The number of benzene rings is 1. The van der Waals surface area contributed by atoms with Gasteiger partial charge in [-0.1, -0.05) is 31.0 Å². The molecule has 0 spiro atoms. The van der Waals surface area contributed by atoms with E-state index in [1.54, 1.807) is 0 Å². The van der Waals surface area contributed by atoms with Crippen molar-refractivity contribution in [1.82, 2.24) is 5.32 Å². The average Bonchev–Trinajstić information content (AvgIpc) is 2.43. The summed E-state index contributed by atoms with van der Waals surface area (Å²) in [6, 6.07) is 7.59. The van der Waals surface area contributed by atoms with Crippen molar-refractivity contribution in [1.29, 1.82) is 0 Å². The molecule has 0 aliphatic heterocycles. The van der Waals surface area contributed by atoms with Gasteiger partial charge in [0.25, 0.3) is 5.91 Å². The van der Waals surface area contributed by atoms with Gasteiger partial charge in [0.2, 0.25) is 0 Å². The molecule has 1 amide bonds. The Kier molecular flexibility index (Phi) is 7.86. The van der Waals surface area contributed by atoms with Crippen molar-refractivity contribution < 1.29 is 9.90 Å². The van der Waals surface area contributed by atoms with Gasteiger partial charge in [0.05, 0.1) is 0 Å². The number of hydrogen-bond acceptors (Lipinski definition) is 3. The van der Waals surface area contributed by atoms with Crippen molar-refractivity contribution in [2.24, 2.45) is 5.73 Å². The molecule has 0 saturated heterocycles. The van der Waals surface area contributed by atoms with Gasteiger partial charge < -0.3 is 16.2 Å². The largest absolute Gasteiger partial charge is 0.396 e. The van der Waals surface area contributed by atoms with E-state index in [-0.39, 0.29) is 12.5 Å². The Balaban J connectivity index is 2.36. The highest BCUT2D eigenvalue weighted by Gasteiger charge is 2.09. The molecule has 4 heteroatoms. The molecular weight excluding hydrogens is 240 g/mol. The SMILES string of the molecule is NCCc1ccccc1C(=O)NCCCCCCO. The third kappa shape index (κ3) is 5.85. The van der Waals surface area contributed by atoms with Crippen LogP contribution in [0.3, 0.4) is 0 Å². The second kappa shape index (κ2) is 9.53. The van der Waals surface area contributed by atoms with Gasteiger partial charge in [0.15, 0.2) is 0 Å². The lowest BCUT2D eigenvalue weighted by molar-refractivity contribution is 0.0952. The third-order valence-electron chi connectivity index (χ3n) is 3.05. The van der Waals surface area contributed by atoms with Crippen LogP contribution < -0.4 is 11.1 Å². The minimum atomic E-state index is -0.0220. The van der Waals surface area contributed by atoms with E-state index in [9.17, 15) is 4.79 Å². The van der Waals surface area contributed by atoms with Gasteiger partial charge >= 0.3 is 0 Å². The molecule has 4 N–H and O–H groups in total. The quantitative estimate of drug-likeness (QED) is 0.591. The van der Waals surface area contributed by atoms with Gasteiger partial charge in [-0.25, -0.2) is 0 Å². The van der Waals surface area contributed by atoms with Gasteiger partial charge in [-0.3, -0.25) is 4.79 Å². The molecule has 1 aromatic rings. The molecular formula is C15H24N2O2. The molecule has 0 radical (unpaired) electrons. The maximum atomic E-state index is 12.0. The molecule has 0 heterocycles. The van der Waals surface area contributed by atoms with Crippen LogP contribution in [-0.2, 0) is 6.42 Å². The zero-order valence-electron chi connectivity index (χ0n) is 11.4. The molecule has 0 aliphatic rings. The number of carbonyl (C=O) groups excluding carboxylic acids is 1. The molecule has 4 nitrogen and oxygen atoms in total. The van der Waals surface area contributed by atoms with Crippen molar-refractivity contribution >= 4 is 5.91 Å². The van der Waals surface area contributed by atoms with E-state index in [2.05, 4.69) is 5.32 Å². The number of nitrogens with two attached hydrogens (primary N) is 1. The Hall–Kier alpha value is -1.39. The van der Waals surface area contributed by atoms with Gasteiger partial charge in [-0.05, 0) is 37.4 Å².